The second-order valence-corrected chi connectivity index (χ2v) is 7.28. The normalized spacial score (nSPS) is 24.1. The van der Waals surface area contributed by atoms with Crippen LogP contribution in [0.4, 0.5) is 0 Å². The van der Waals surface area contributed by atoms with Crippen molar-refractivity contribution in [3.05, 3.63) is 40.7 Å². The van der Waals surface area contributed by atoms with Crippen LogP contribution in [0.2, 0.25) is 0 Å². The minimum Gasteiger partial charge on any atom is -0.375 e. The van der Waals surface area contributed by atoms with Crippen LogP contribution in [-0.4, -0.2) is 68.7 Å². The van der Waals surface area contributed by atoms with Gasteiger partial charge in [-0.3, -0.25) is 14.7 Å². The van der Waals surface area contributed by atoms with E-state index in [2.05, 4.69) is 19.5 Å². The molecule has 2 aliphatic rings. The second kappa shape index (κ2) is 7.15. The van der Waals surface area contributed by atoms with Crippen LogP contribution in [-0.2, 0) is 11.3 Å². The van der Waals surface area contributed by atoms with Crippen molar-refractivity contribution < 1.29 is 9.53 Å². The van der Waals surface area contributed by atoms with Gasteiger partial charge in [-0.05, 0) is 42.6 Å². The van der Waals surface area contributed by atoms with Gasteiger partial charge in [0.25, 0.3) is 5.91 Å². The van der Waals surface area contributed by atoms with Crippen LogP contribution in [0, 0.1) is 6.92 Å². The maximum Gasteiger partial charge on any atom is 0.267 e. The molecule has 2 fully saturated rings. The van der Waals surface area contributed by atoms with E-state index in [4.69, 9.17) is 4.74 Å². The van der Waals surface area contributed by atoms with Crippen molar-refractivity contribution in [2.75, 3.05) is 26.2 Å². The first-order valence-electron chi connectivity index (χ1n) is 8.55. The summed E-state index contributed by atoms with van der Waals surface area (Å²) in [4.78, 5) is 21.9. The summed E-state index contributed by atoms with van der Waals surface area (Å²) in [7, 11) is 0. The number of carbonyl (C=O) groups is 1. The van der Waals surface area contributed by atoms with Gasteiger partial charge in [0.05, 0.1) is 24.4 Å². The third-order valence-electron chi connectivity index (χ3n) is 4.97. The molecule has 8 heteroatoms. The maximum absolute atomic E-state index is 12.8. The molecule has 0 radical (unpaired) electrons. The molecule has 4 rings (SSSR count). The predicted octanol–water partition coefficient (Wildman–Crippen LogP) is 1.36. The smallest absolute Gasteiger partial charge is 0.267 e. The molecular weight excluding hydrogens is 338 g/mol. The highest BCUT2D eigenvalue weighted by molar-refractivity contribution is 7.07. The molecule has 0 aliphatic carbocycles. The van der Waals surface area contributed by atoms with Crippen molar-refractivity contribution in [1.82, 2.24) is 24.4 Å². The second-order valence-electron chi connectivity index (χ2n) is 6.53. The Bertz CT molecular complexity index is 738. The van der Waals surface area contributed by atoms with E-state index < -0.39 is 0 Å². The van der Waals surface area contributed by atoms with Crippen molar-refractivity contribution in [2.24, 2.45) is 0 Å². The van der Waals surface area contributed by atoms with Crippen LogP contribution in [0.25, 0.3) is 0 Å². The number of morpholine rings is 1. The minimum atomic E-state index is 0.0420. The number of amides is 1. The van der Waals surface area contributed by atoms with Gasteiger partial charge < -0.3 is 9.64 Å². The molecule has 4 heterocycles. The van der Waals surface area contributed by atoms with Gasteiger partial charge in [-0.1, -0.05) is 4.49 Å². The average molecular weight is 359 g/mol. The number of pyridine rings is 1. The van der Waals surface area contributed by atoms with E-state index in [0.29, 0.717) is 17.1 Å². The molecule has 0 saturated carbocycles. The third kappa shape index (κ3) is 3.42. The Balaban J connectivity index is 1.49. The molecule has 132 valence electrons. The molecule has 2 aromatic rings. The van der Waals surface area contributed by atoms with Crippen LogP contribution in [0.15, 0.2) is 24.5 Å². The lowest BCUT2D eigenvalue weighted by atomic mass is 9.98. The average Bonchev–Trinajstić information content (AvgIpc) is 3.08. The summed E-state index contributed by atoms with van der Waals surface area (Å²) in [6.45, 7) is 5.73. The lowest BCUT2D eigenvalue weighted by Crippen LogP contribution is -2.60. The molecule has 0 spiro atoms. The first-order valence-corrected chi connectivity index (χ1v) is 9.32. The number of aromatic nitrogens is 3. The standard InChI is InChI=1S/C17H21N5O2S/c1-12-16(25-20-19-12)17(23)22-7-4-15-14(11-22)21(8-9-24-15)10-13-2-5-18-6-3-13/h2-3,5-6,14-15H,4,7-11H2,1H3/t14-,15-/m1/s1. The molecule has 1 amide bonds. The maximum atomic E-state index is 12.8. The van der Waals surface area contributed by atoms with Gasteiger partial charge in [0.15, 0.2) is 0 Å². The molecule has 0 N–H and O–H groups in total. The van der Waals surface area contributed by atoms with Gasteiger partial charge in [0.1, 0.15) is 4.88 Å². The van der Waals surface area contributed by atoms with E-state index in [-0.39, 0.29) is 18.1 Å². The monoisotopic (exact) mass is 359 g/mol. The number of likely N-dealkylation sites (tertiary alicyclic amines) is 1. The van der Waals surface area contributed by atoms with Crippen LogP contribution >= 0.6 is 11.5 Å². The summed E-state index contributed by atoms with van der Waals surface area (Å²) in [6, 6.07) is 4.31. The van der Waals surface area contributed by atoms with Crippen molar-refractivity contribution in [3.63, 3.8) is 0 Å². The fourth-order valence-electron chi connectivity index (χ4n) is 3.62. The Morgan fingerprint density at radius 3 is 2.96 bits per heavy atom. The zero-order valence-corrected chi connectivity index (χ0v) is 15.0. The Labute approximate surface area is 150 Å². The van der Waals surface area contributed by atoms with Crippen LogP contribution in [0.3, 0.4) is 0 Å². The van der Waals surface area contributed by atoms with E-state index in [1.807, 2.05) is 36.4 Å². The number of carbonyl (C=O) groups excluding carboxylic acids is 1. The van der Waals surface area contributed by atoms with Crippen molar-refractivity contribution >= 4 is 17.4 Å². The molecule has 7 nitrogen and oxygen atoms in total. The largest absolute Gasteiger partial charge is 0.375 e. The Morgan fingerprint density at radius 1 is 1.36 bits per heavy atom. The van der Waals surface area contributed by atoms with Crippen LogP contribution < -0.4 is 0 Å². The highest BCUT2D eigenvalue weighted by Gasteiger charge is 2.39. The van der Waals surface area contributed by atoms with E-state index >= 15 is 0 Å². The predicted molar refractivity (Wildman–Crippen MR) is 93.3 cm³/mol. The SMILES string of the molecule is Cc1nnsc1C(=O)N1CC[C@H]2OCCN(Cc3ccncc3)[C@@H]2C1. The lowest BCUT2D eigenvalue weighted by molar-refractivity contribution is -0.101. The summed E-state index contributed by atoms with van der Waals surface area (Å²) in [5, 5.41) is 3.96. The van der Waals surface area contributed by atoms with Crippen molar-refractivity contribution in [3.8, 4) is 0 Å². The first kappa shape index (κ1) is 16.6. The molecular formula is C17H21N5O2S. The molecule has 25 heavy (non-hydrogen) atoms. The highest BCUT2D eigenvalue weighted by Crippen LogP contribution is 2.26. The quantitative estimate of drug-likeness (QED) is 0.824. The Hall–Kier alpha value is -1.90. The van der Waals surface area contributed by atoms with Gasteiger partial charge in [-0.15, -0.1) is 5.10 Å². The zero-order valence-electron chi connectivity index (χ0n) is 14.2. The van der Waals surface area contributed by atoms with E-state index in [0.717, 1.165) is 32.7 Å². The number of rotatable bonds is 3. The van der Waals surface area contributed by atoms with E-state index in [1.54, 1.807) is 0 Å². The summed E-state index contributed by atoms with van der Waals surface area (Å²) >= 11 is 1.18. The van der Waals surface area contributed by atoms with Gasteiger partial charge in [0, 0.05) is 38.6 Å². The molecule has 2 aromatic heterocycles. The van der Waals surface area contributed by atoms with Gasteiger partial charge in [-0.2, -0.15) is 0 Å². The molecule has 0 unspecified atom stereocenters. The summed E-state index contributed by atoms with van der Waals surface area (Å²) < 4.78 is 9.87. The number of ether oxygens (including phenoxy) is 1. The van der Waals surface area contributed by atoms with Crippen molar-refractivity contribution in [2.45, 2.75) is 32.0 Å². The summed E-state index contributed by atoms with van der Waals surface area (Å²) in [5.41, 5.74) is 1.95. The van der Waals surface area contributed by atoms with Crippen LogP contribution in [0.1, 0.15) is 27.3 Å². The number of hydrogen-bond acceptors (Lipinski definition) is 7. The van der Waals surface area contributed by atoms with Crippen molar-refractivity contribution in [1.29, 1.82) is 0 Å². The number of hydrogen-bond donors (Lipinski definition) is 0. The van der Waals surface area contributed by atoms with Gasteiger partial charge >= 0.3 is 0 Å². The van der Waals surface area contributed by atoms with E-state index in [1.165, 1.54) is 17.1 Å². The first-order chi connectivity index (χ1) is 12.2. The zero-order chi connectivity index (χ0) is 17.2. The summed E-state index contributed by atoms with van der Waals surface area (Å²) in [5.74, 6) is 0.0420. The van der Waals surface area contributed by atoms with E-state index in [9.17, 15) is 4.79 Å². The van der Waals surface area contributed by atoms with Gasteiger partial charge in [0.2, 0.25) is 0 Å². The number of piperidine rings is 1. The molecule has 0 aromatic carbocycles. The van der Waals surface area contributed by atoms with Gasteiger partial charge in [-0.25, -0.2) is 0 Å². The summed E-state index contributed by atoms with van der Waals surface area (Å²) in [6.07, 6.45) is 4.71. The fraction of sp³-hybridized carbons (Fsp3) is 0.529. The third-order valence-corrected chi connectivity index (χ3v) is 5.78. The number of nitrogens with zero attached hydrogens (tertiary/aromatic N) is 5. The molecule has 2 atom stereocenters. The topological polar surface area (TPSA) is 71.5 Å². The molecule has 0 bridgehead atoms. The molecule has 2 saturated heterocycles. The number of aryl methyl sites for hydroxylation is 1. The number of fused-ring (bicyclic) bond motifs is 1. The fourth-order valence-corrected chi connectivity index (χ4v) is 4.24. The minimum absolute atomic E-state index is 0.0420. The highest BCUT2D eigenvalue weighted by atomic mass is 32.1. The lowest BCUT2D eigenvalue weighted by Gasteiger charge is -2.47. The Morgan fingerprint density at radius 2 is 2.20 bits per heavy atom. The van der Waals surface area contributed by atoms with Crippen LogP contribution in [0.5, 0.6) is 0 Å². The molecule has 2 aliphatic heterocycles. The Kier molecular flexibility index (Phi) is 4.74.